The molecule has 2 rings (SSSR count). The molecule has 1 aliphatic rings. The summed E-state index contributed by atoms with van der Waals surface area (Å²) in [5.41, 5.74) is 5.77. The van der Waals surface area contributed by atoms with Crippen LogP contribution < -0.4 is 5.73 Å². The Bertz CT molecular complexity index is 576. The van der Waals surface area contributed by atoms with Crippen LogP contribution in [0.1, 0.15) is 38.4 Å². The number of Topliss-reactive ketones (excluding diaryl/α,β-unsaturated/α-hetero) is 1. The van der Waals surface area contributed by atoms with Crippen molar-refractivity contribution in [1.29, 1.82) is 5.26 Å². The number of hydrogen-bond acceptors (Lipinski definition) is 6. The van der Waals surface area contributed by atoms with Crippen LogP contribution in [0.2, 0.25) is 0 Å². The molecular formula is C14H19N5OS. The highest BCUT2D eigenvalue weighted by Gasteiger charge is 2.18. The van der Waals surface area contributed by atoms with Crippen molar-refractivity contribution in [2.45, 2.75) is 44.2 Å². The van der Waals surface area contributed by atoms with Gasteiger partial charge in [0.05, 0.1) is 5.75 Å². The van der Waals surface area contributed by atoms with E-state index in [1.165, 1.54) is 37.4 Å². The van der Waals surface area contributed by atoms with E-state index >= 15 is 0 Å². The van der Waals surface area contributed by atoms with Crippen LogP contribution in [0.5, 0.6) is 0 Å². The third-order valence-electron chi connectivity index (χ3n) is 3.59. The van der Waals surface area contributed by atoms with Gasteiger partial charge in [-0.1, -0.05) is 37.4 Å². The van der Waals surface area contributed by atoms with Crippen LogP contribution >= 0.6 is 11.8 Å². The van der Waals surface area contributed by atoms with Crippen molar-refractivity contribution in [2.75, 3.05) is 5.75 Å². The van der Waals surface area contributed by atoms with Gasteiger partial charge in [-0.2, -0.15) is 5.26 Å². The van der Waals surface area contributed by atoms with E-state index in [1.807, 2.05) is 6.07 Å². The van der Waals surface area contributed by atoms with Gasteiger partial charge in [0.25, 0.3) is 0 Å². The number of ketones is 1. The van der Waals surface area contributed by atoms with Crippen molar-refractivity contribution < 1.29 is 4.79 Å². The fraction of sp³-hybridized carbons (Fsp3) is 0.571. The number of aromatic amines is 1. The molecule has 0 saturated heterocycles. The molecule has 6 nitrogen and oxygen atoms in total. The Labute approximate surface area is 128 Å². The Morgan fingerprint density at radius 2 is 2.24 bits per heavy atom. The van der Waals surface area contributed by atoms with Crippen molar-refractivity contribution in [3.8, 4) is 6.07 Å². The number of nitrogens with two attached hydrogens (primary N) is 1. The minimum absolute atomic E-state index is 0.0178. The summed E-state index contributed by atoms with van der Waals surface area (Å²) in [6.07, 6.45) is 6.04. The van der Waals surface area contributed by atoms with E-state index in [2.05, 4.69) is 15.2 Å². The molecule has 1 aromatic rings. The van der Waals surface area contributed by atoms with Gasteiger partial charge in [0.1, 0.15) is 17.5 Å². The third-order valence-corrected chi connectivity index (χ3v) is 4.43. The average Bonchev–Trinajstić information content (AvgIpc) is 3.09. The quantitative estimate of drug-likeness (QED) is 0.472. The van der Waals surface area contributed by atoms with Crippen molar-refractivity contribution in [3.63, 3.8) is 0 Å². The Morgan fingerprint density at radius 1 is 1.52 bits per heavy atom. The molecule has 21 heavy (non-hydrogen) atoms. The van der Waals surface area contributed by atoms with Gasteiger partial charge in [0.15, 0.2) is 5.78 Å². The second-order valence-electron chi connectivity index (χ2n) is 5.30. The topological polar surface area (TPSA) is 108 Å². The molecule has 1 fully saturated rings. The summed E-state index contributed by atoms with van der Waals surface area (Å²) >= 11 is 1.22. The highest BCUT2D eigenvalue weighted by molar-refractivity contribution is 7.99. The van der Waals surface area contributed by atoms with E-state index < -0.39 is 0 Å². The fourth-order valence-corrected chi connectivity index (χ4v) is 3.18. The number of thioether (sulfide) groups is 1. The van der Waals surface area contributed by atoms with Crippen molar-refractivity contribution in [2.24, 2.45) is 11.7 Å². The normalized spacial score (nSPS) is 16.6. The number of nitrogens with one attached hydrogen (secondary N) is 1. The van der Waals surface area contributed by atoms with Crippen LogP contribution in [0.15, 0.2) is 16.4 Å². The molecule has 0 aliphatic heterocycles. The lowest BCUT2D eigenvalue weighted by atomic mass is 10.0. The first-order chi connectivity index (χ1) is 10.1. The maximum Gasteiger partial charge on any atom is 0.208 e. The Hall–Kier alpha value is -1.81. The number of nitriles is 1. The van der Waals surface area contributed by atoms with E-state index in [0.29, 0.717) is 11.1 Å². The molecule has 3 N–H and O–H groups in total. The molecule has 1 heterocycles. The Morgan fingerprint density at radius 3 is 2.86 bits per heavy atom. The minimum atomic E-state index is -0.287. The van der Waals surface area contributed by atoms with Gasteiger partial charge in [0.2, 0.25) is 5.16 Å². The second kappa shape index (κ2) is 7.27. The minimum Gasteiger partial charge on any atom is -0.401 e. The molecule has 0 spiro atoms. The summed E-state index contributed by atoms with van der Waals surface area (Å²) in [7, 11) is 0. The van der Waals surface area contributed by atoms with Crippen LogP contribution in [0, 0.1) is 17.2 Å². The van der Waals surface area contributed by atoms with Crippen LogP contribution in [-0.4, -0.2) is 26.7 Å². The summed E-state index contributed by atoms with van der Waals surface area (Å²) in [5, 5.41) is 16.4. The maximum atomic E-state index is 11.8. The molecule has 0 amide bonds. The molecule has 0 unspecified atom stereocenters. The van der Waals surface area contributed by atoms with Crippen LogP contribution in [0.25, 0.3) is 0 Å². The van der Waals surface area contributed by atoms with Crippen molar-refractivity contribution >= 4 is 17.5 Å². The number of aromatic nitrogens is 3. The number of rotatable bonds is 6. The molecule has 1 aliphatic carbocycles. The summed E-state index contributed by atoms with van der Waals surface area (Å²) in [5.74, 6) is 1.41. The van der Waals surface area contributed by atoms with E-state index in [0.717, 1.165) is 12.2 Å². The molecule has 7 heteroatoms. The Balaban J connectivity index is 1.87. The van der Waals surface area contributed by atoms with Gasteiger partial charge in [0, 0.05) is 12.1 Å². The van der Waals surface area contributed by atoms with E-state index in [1.54, 1.807) is 6.92 Å². The van der Waals surface area contributed by atoms with Gasteiger partial charge in [-0.05, 0) is 12.8 Å². The van der Waals surface area contributed by atoms with Crippen molar-refractivity contribution in [3.05, 3.63) is 17.1 Å². The third kappa shape index (κ3) is 4.33. The van der Waals surface area contributed by atoms with E-state index in [-0.39, 0.29) is 22.8 Å². The predicted molar refractivity (Wildman–Crippen MR) is 80.3 cm³/mol. The molecule has 0 atom stereocenters. The smallest absolute Gasteiger partial charge is 0.208 e. The Kier molecular flexibility index (Phi) is 5.39. The standard InChI is InChI=1S/C14H19N5OS/c1-9(16)11(7-15)12(20)8-21-14-17-13(18-19-14)6-10-4-2-3-5-10/h10H,2-6,8,16H2,1H3,(H,17,18,19)/b11-9+. The predicted octanol–water partition coefficient (Wildman–Crippen LogP) is 1.95. The first kappa shape index (κ1) is 15.6. The first-order valence-corrected chi connectivity index (χ1v) is 8.02. The summed E-state index contributed by atoms with van der Waals surface area (Å²) < 4.78 is 0. The zero-order valence-corrected chi connectivity index (χ0v) is 12.9. The van der Waals surface area contributed by atoms with Crippen LogP contribution in [0.4, 0.5) is 0 Å². The molecule has 1 aromatic heterocycles. The second-order valence-corrected chi connectivity index (χ2v) is 6.24. The van der Waals surface area contributed by atoms with Gasteiger partial charge in [-0.15, -0.1) is 5.10 Å². The summed E-state index contributed by atoms with van der Waals surface area (Å²) in [6.45, 7) is 1.55. The van der Waals surface area contributed by atoms with Gasteiger partial charge < -0.3 is 5.73 Å². The number of carbonyl (C=O) groups is 1. The number of allylic oxidation sites excluding steroid dienone is 2. The SMILES string of the molecule is C/C(N)=C(/C#N)C(=O)CSc1n[nH]c(CC2CCCC2)n1. The van der Waals surface area contributed by atoms with E-state index in [4.69, 9.17) is 11.0 Å². The molecule has 112 valence electrons. The highest BCUT2D eigenvalue weighted by Crippen LogP contribution is 2.27. The monoisotopic (exact) mass is 305 g/mol. The molecule has 0 bridgehead atoms. The largest absolute Gasteiger partial charge is 0.401 e. The highest BCUT2D eigenvalue weighted by atomic mass is 32.2. The van der Waals surface area contributed by atoms with Crippen LogP contribution in [-0.2, 0) is 11.2 Å². The first-order valence-electron chi connectivity index (χ1n) is 7.04. The van der Waals surface area contributed by atoms with E-state index in [9.17, 15) is 4.79 Å². The molecular weight excluding hydrogens is 286 g/mol. The lowest BCUT2D eigenvalue weighted by molar-refractivity contribution is -0.112. The number of carbonyl (C=O) groups excluding carboxylic acids is 1. The number of hydrogen-bond donors (Lipinski definition) is 2. The molecule has 0 radical (unpaired) electrons. The number of H-pyrrole nitrogens is 1. The lowest BCUT2D eigenvalue weighted by Crippen LogP contribution is -2.10. The van der Waals surface area contributed by atoms with Crippen LogP contribution in [0.3, 0.4) is 0 Å². The van der Waals surface area contributed by atoms with Gasteiger partial charge in [-0.25, -0.2) is 4.98 Å². The van der Waals surface area contributed by atoms with Crippen molar-refractivity contribution in [1.82, 2.24) is 15.2 Å². The average molecular weight is 305 g/mol. The summed E-state index contributed by atoms with van der Waals surface area (Å²) in [4.78, 5) is 16.2. The fourth-order valence-electron chi connectivity index (χ4n) is 2.49. The zero-order valence-electron chi connectivity index (χ0n) is 12.1. The summed E-state index contributed by atoms with van der Waals surface area (Å²) in [6, 6.07) is 1.83. The maximum absolute atomic E-state index is 11.8. The van der Waals surface area contributed by atoms with Gasteiger partial charge in [-0.3, -0.25) is 9.89 Å². The zero-order chi connectivity index (χ0) is 15.2. The molecule has 0 aromatic carbocycles. The lowest BCUT2D eigenvalue weighted by Gasteiger charge is -2.04. The molecule has 1 saturated carbocycles. The van der Waals surface area contributed by atoms with Gasteiger partial charge >= 0.3 is 0 Å². The number of nitrogens with zero attached hydrogens (tertiary/aromatic N) is 3.